The van der Waals surface area contributed by atoms with E-state index in [0.29, 0.717) is 18.8 Å². The van der Waals surface area contributed by atoms with Gasteiger partial charge in [-0.15, -0.1) is 23.1 Å². The molecule has 0 radical (unpaired) electrons. The lowest BCUT2D eigenvalue weighted by atomic mass is 9.78. The number of carbonyl (C=O) groups excluding carboxylic acids is 2. The Morgan fingerprint density at radius 2 is 2.06 bits per heavy atom. The summed E-state index contributed by atoms with van der Waals surface area (Å²) in [6.07, 6.45) is 1.63. The molecule has 0 aromatic carbocycles. The fourth-order valence-electron chi connectivity index (χ4n) is 4.99. The summed E-state index contributed by atoms with van der Waals surface area (Å²) >= 11 is 3.00. The SMILES string of the molecule is CC[C@H](C)[C@@H](CO)NC(=O)c1csc(N2CC(SC3(C)C=C(C(=O)O)N4C(=O)C([C@@H](C)O)[C@H]43)C2)n1. The fraction of sp³-hybridized carbons (Fsp3) is 0.652. The molecule has 2 fully saturated rings. The van der Waals surface area contributed by atoms with Gasteiger partial charge in [0.25, 0.3) is 5.91 Å². The van der Waals surface area contributed by atoms with E-state index in [1.54, 1.807) is 30.1 Å². The van der Waals surface area contributed by atoms with Crippen LogP contribution in [-0.4, -0.2) is 90.9 Å². The van der Waals surface area contributed by atoms with Gasteiger partial charge in [0.05, 0.1) is 35.5 Å². The zero-order valence-electron chi connectivity index (χ0n) is 20.2. The highest BCUT2D eigenvalue weighted by molar-refractivity contribution is 8.01. The normalized spacial score (nSPS) is 28.5. The number of aliphatic carboxylic acids is 1. The third-order valence-electron chi connectivity index (χ3n) is 7.26. The largest absolute Gasteiger partial charge is 0.477 e. The van der Waals surface area contributed by atoms with Gasteiger partial charge < -0.3 is 30.4 Å². The van der Waals surface area contributed by atoms with E-state index in [4.69, 9.17) is 0 Å². The number of carboxylic acids is 1. The molecule has 2 amide bonds. The van der Waals surface area contributed by atoms with Crippen LogP contribution in [0.1, 0.15) is 44.6 Å². The molecule has 10 nitrogen and oxygen atoms in total. The molecule has 3 aliphatic heterocycles. The number of aromatic nitrogens is 1. The van der Waals surface area contributed by atoms with Crippen molar-refractivity contribution in [2.45, 2.75) is 62.3 Å². The van der Waals surface area contributed by atoms with Gasteiger partial charge >= 0.3 is 5.97 Å². The summed E-state index contributed by atoms with van der Waals surface area (Å²) in [5, 5.41) is 34.7. The summed E-state index contributed by atoms with van der Waals surface area (Å²) in [7, 11) is 0. The van der Waals surface area contributed by atoms with Gasteiger partial charge in [0.15, 0.2) is 5.13 Å². The van der Waals surface area contributed by atoms with Crippen molar-refractivity contribution >= 4 is 46.0 Å². The number of carbonyl (C=O) groups is 3. The molecule has 3 aliphatic rings. The van der Waals surface area contributed by atoms with E-state index in [0.717, 1.165) is 11.6 Å². The van der Waals surface area contributed by atoms with Gasteiger partial charge in [-0.1, -0.05) is 20.3 Å². The van der Waals surface area contributed by atoms with Crippen LogP contribution in [0.5, 0.6) is 0 Å². The van der Waals surface area contributed by atoms with Crippen LogP contribution >= 0.6 is 23.1 Å². The van der Waals surface area contributed by atoms with Crippen molar-refractivity contribution in [3.63, 3.8) is 0 Å². The smallest absolute Gasteiger partial charge is 0.352 e. The second-order valence-electron chi connectivity index (χ2n) is 9.75. The highest BCUT2D eigenvalue weighted by Gasteiger charge is 2.63. The molecule has 1 aromatic rings. The standard InChI is InChI=1S/C23H32N4O6S2/c1-5-11(2)14(9-28)24-19(30)15-10-34-22(25-15)26-7-13(8-26)35-23(4)6-16(21(32)33)27-18(23)17(12(3)29)20(27)31/h6,10-14,17-18,28-29H,5,7-9H2,1-4H3,(H,24,30)(H,32,33)/t11-,12+,14+,17?,18-,23?/m0/s1. The van der Waals surface area contributed by atoms with Crippen LogP contribution in [0.2, 0.25) is 0 Å². The van der Waals surface area contributed by atoms with E-state index in [2.05, 4.69) is 15.2 Å². The fourth-order valence-corrected chi connectivity index (χ4v) is 7.62. The zero-order valence-corrected chi connectivity index (χ0v) is 21.8. The van der Waals surface area contributed by atoms with Crippen molar-refractivity contribution in [1.82, 2.24) is 15.2 Å². The van der Waals surface area contributed by atoms with Crippen LogP contribution in [0.25, 0.3) is 0 Å². The molecule has 2 unspecified atom stereocenters. The van der Waals surface area contributed by atoms with Crippen LogP contribution in [0, 0.1) is 11.8 Å². The molecule has 6 atom stereocenters. The van der Waals surface area contributed by atoms with Crippen molar-refractivity contribution in [3.8, 4) is 0 Å². The van der Waals surface area contributed by atoms with Gasteiger partial charge in [0.1, 0.15) is 11.4 Å². The minimum atomic E-state index is -1.14. The molecule has 0 aliphatic carbocycles. The Morgan fingerprint density at radius 1 is 1.37 bits per heavy atom. The van der Waals surface area contributed by atoms with Gasteiger partial charge in [-0.2, -0.15) is 0 Å². The topological polar surface area (TPSA) is 143 Å². The van der Waals surface area contributed by atoms with Crippen LogP contribution in [0.15, 0.2) is 17.2 Å². The lowest BCUT2D eigenvalue weighted by Crippen LogP contribution is -2.67. The Hall–Kier alpha value is -2.15. The molecular formula is C23H32N4O6S2. The van der Waals surface area contributed by atoms with Crippen molar-refractivity contribution in [2.24, 2.45) is 11.8 Å². The molecule has 2 saturated heterocycles. The summed E-state index contributed by atoms with van der Waals surface area (Å²) in [5.41, 5.74) is 0.306. The number of rotatable bonds is 10. The molecular weight excluding hydrogens is 492 g/mol. The van der Waals surface area contributed by atoms with Crippen LogP contribution in [-0.2, 0) is 9.59 Å². The minimum absolute atomic E-state index is 0.0165. The van der Waals surface area contributed by atoms with Crippen molar-refractivity contribution in [3.05, 3.63) is 22.8 Å². The lowest BCUT2D eigenvalue weighted by molar-refractivity contribution is -0.162. The Labute approximate surface area is 212 Å². The number of aliphatic hydroxyl groups excluding tert-OH is 2. The molecule has 12 heteroatoms. The quantitative estimate of drug-likeness (QED) is 0.331. The number of nitrogens with one attached hydrogen (secondary N) is 1. The van der Waals surface area contributed by atoms with Crippen molar-refractivity contribution in [2.75, 3.05) is 24.6 Å². The second kappa shape index (κ2) is 9.72. The first-order chi connectivity index (χ1) is 16.5. The predicted molar refractivity (Wildman–Crippen MR) is 133 cm³/mol. The Kier molecular flexibility index (Phi) is 7.20. The first kappa shape index (κ1) is 25.9. The molecule has 192 valence electrons. The minimum Gasteiger partial charge on any atom is -0.477 e. The van der Waals surface area contributed by atoms with Gasteiger partial charge in [-0.3, -0.25) is 9.59 Å². The number of amides is 2. The third-order valence-corrected chi connectivity index (χ3v) is 9.66. The summed E-state index contributed by atoms with van der Waals surface area (Å²) in [6.45, 7) is 8.71. The first-order valence-electron chi connectivity index (χ1n) is 11.8. The van der Waals surface area contributed by atoms with Gasteiger partial charge in [-0.25, -0.2) is 9.78 Å². The van der Waals surface area contributed by atoms with E-state index in [1.807, 2.05) is 20.8 Å². The monoisotopic (exact) mass is 524 g/mol. The average Bonchev–Trinajstić information content (AvgIpc) is 3.35. The maximum absolute atomic E-state index is 12.6. The number of β-lactam (4-membered cyclic amide) rings is 1. The molecule has 4 rings (SSSR count). The molecule has 0 spiro atoms. The first-order valence-corrected chi connectivity index (χ1v) is 13.5. The van der Waals surface area contributed by atoms with Crippen LogP contribution in [0.4, 0.5) is 5.13 Å². The summed E-state index contributed by atoms with van der Waals surface area (Å²) < 4.78 is -0.622. The highest BCUT2D eigenvalue weighted by Crippen LogP contribution is 2.53. The number of hydrogen-bond donors (Lipinski definition) is 4. The maximum Gasteiger partial charge on any atom is 0.352 e. The van der Waals surface area contributed by atoms with E-state index < -0.39 is 22.7 Å². The molecule has 35 heavy (non-hydrogen) atoms. The summed E-state index contributed by atoms with van der Waals surface area (Å²) in [6, 6.07) is -0.706. The van der Waals surface area contributed by atoms with Crippen LogP contribution < -0.4 is 10.2 Å². The maximum atomic E-state index is 12.6. The number of hydrogen-bond acceptors (Lipinski definition) is 9. The summed E-state index contributed by atoms with van der Waals surface area (Å²) in [4.78, 5) is 44.6. The number of aliphatic hydroxyl groups is 2. The zero-order chi connectivity index (χ0) is 25.7. The molecule has 4 N–H and O–H groups in total. The molecule has 0 bridgehead atoms. The number of carboxylic acid groups (broad SMARTS) is 1. The van der Waals surface area contributed by atoms with Gasteiger partial charge in [0.2, 0.25) is 5.91 Å². The molecule has 4 heterocycles. The number of fused-ring (bicyclic) bond motifs is 1. The number of thioether (sulfide) groups is 1. The summed E-state index contributed by atoms with van der Waals surface area (Å²) in [5.74, 6) is -2.25. The number of nitrogens with zero attached hydrogens (tertiary/aromatic N) is 3. The van der Waals surface area contributed by atoms with E-state index in [-0.39, 0.29) is 47.4 Å². The molecule has 0 saturated carbocycles. The number of anilines is 1. The van der Waals surface area contributed by atoms with Gasteiger partial charge in [-0.05, 0) is 25.8 Å². The van der Waals surface area contributed by atoms with Crippen molar-refractivity contribution < 1.29 is 29.7 Å². The van der Waals surface area contributed by atoms with Crippen LogP contribution in [0.3, 0.4) is 0 Å². The highest BCUT2D eigenvalue weighted by atomic mass is 32.2. The Morgan fingerprint density at radius 3 is 2.63 bits per heavy atom. The Balaban J connectivity index is 1.38. The third kappa shape index (κ3) is 4.56. The van der Waals surface area contributed by atoms with Crippen molar-refractivity contribution in [1.29, 1.82) is 0 Å². The number of thiazole rings is 1. The van der Waals surface area contributed by atoms with E-state index in [9.17, 15) is 29.7 Å². The van der Waals surface area contributed by atoms with E-state index >= 15 is 0 Å². The van der Waals surface area contributed by atoms with Gasteiger partial charge in [0, 0.05) is 23.7 Å². The predicted octanol–water partition coefficient (Wildman–Crippen LogP) is 1.15. The lowest BCUT2D eigenvalue weighted by Gasteiger charge is -2.52. The Bertz CT molecular complexity index is 1040. The second-order valence-corrected chi connectivity index (χ2v) is 12.4. The average molecular weight is 525 g/mol. The van der Waals surface area contributed by atoms with E-state index in [1.165, 1.54) is 16.2 Å². The molecule has 1 aromatic heterocycles.